The minimum atomic E-state index is -4.17. The van der Waals surface area contributed by atoms with Crippen molar-refractivity contribution in [2.75, 3.05) is 11.9 Å². The predicted molar refractivity (Wildman–Crippen MR) is 129 cm³/mol. The summed E-state index contributed by atoms with van der Waals surface area (Å²) < 4.78 is 28.3. The zero-order valence-corrected chi connectivity index (χ0v) is 19.5. The lowest BCUT2D eigenvalue weighted by Crippen LogP contribution is -2.36. The maximum Gasteiger partial charge on any atom is 0.335 e. The van der Waals surface area contributed by atoms with Crippen molar-refractivity contribution in [3.8, 4) is 11.3 Å². The van der Waals surface area contributed by atoms with Gasteiger partial charge in [-0.2, -0.15) is 18.0 Å². The molecule has 1 unspecified atom stereocenters. The molecule has 0 amide bonds. The predicted octanol–water partition coefficient (Wildman–Crippen LogP) is 0.990. The van der Waals surface area contributed by atoms with Crippen molar-refractivity contribution in [3.63, 3.8) is 0 Å². The number of aliphatic hydroxyl groups is 2. The van der Waals surface area contributed by atoms with Gasteiger partial charge in [-0.3, -0.25) is 4.18 Å². The van der Waals surface area contributed by atoms with Crippen LogP contribution in [0.1, 0.15) is 16.8 Å². The summed E-state index contributed by atoms with van der Waals surface area (Å²) in [5.41, 5.74) is 2.11. The van der Waals surface area contributed by atoms with Crippen molar-refractivity contribution >= 4 is 38.5 Å². The summed E-state index contributed by atoms with van der Waals surface area (Å²) in [6.07, 6.45) is -0.588. The molecule has 0 saturated heterocycles. The van der Waals surface area contributed by atoms with Crippen LogP contribution in [0.4, 0.5) is 5.82 Å². The Kier molecular flexibility index (Phi) is 6.10. The van der Waals surface area contributed by atoms with Crippen molar-refractivity contribution in [2.45, 2.75) is 24.7 Å². The Morgan fingerprint density at radius 3 is 2.72 bits per heavy atom. The molecule has 1 saturated carbocycles. The quantitative estimate of drug-likeness (QED) is 0.238. The molecule has 0 radical (unpaired) electrons. The summed E-state index contributed by atoms with van der Waals surface area (Å²) in [5.74, 6) is -1.15. The van der Waals surface area contributed by atoms with Crippen LogP contribution in [0.25, 0.3) is 27.7 Å². The fourth-order valence-corrected chi connectivity index (χ4v) is 4.95. The van der Waals surface area contributed by atoms with Gasteiger partial charge >= 0.3 is 16.3 Å². The number of aliphatic hydroxyl groups excluding tert-OH is 2. The molecule has 36 heavy (non-hydrogen) atoms. The zero-order chi connectivity index (χ0) is 25.6. The van der Waals surface area contributed by atoms with Gasteiger partial charge in [-0.05, 0) is 35.4 Å². The first-order valence-corrected chi connectivity index (χ1v) is 12.5. The molecule has 2 aromatic heterocycles. The number of hydrogen-bond acceptors (Lipinski definition) is 9. The summed E-state index contributed by atoms with van der Waals surface area (Å²) in [4.78, 5) is 15.7. The van der Waals surface area contributed by atoms with Crippen LogP contribution in [-0.2, 0) is 14.5 Å². The summed E-state index contributed by atoms with van der Waals surface area (Å²) in [7, 11) is -4.17. The van der Waals surface area contributed by atoms with Gasteiger partial charge in [-0.15, -0.1) is 0 Å². The largest absolute Gasteiger partial charge is 0.478 e. The number of carboxylic acids is 1. The Labute approximate surface area is 205 Å². The molecule has 12 nitrogen and oxygen atoms in total. The molecule has 4 aromatic rings. The minimum Gasteiger partial charge on any atom is -0.478 e. The Hall–Kier alpha value is -3.62. The van der Waals surface area contributed by atoms with Crippen molar-refractivity contribution in [1.29, 1.82) is 0 Å². The smallest absolute Gasteiger partial charge is 0.335 e. The van der Waals surface area contributed by atoms with Crippen LogP contribution in [0.5, 0.6) is 0 Å². The maximum absolute atomic E-state index is 11.3. The molecule has 2 aromatic carbocycles. The molecule has 0 aliphatic heterocycles. The maximum atomic E-state index is 11.3. The van der Waals surface area contributed by atoms with Crippen LogP contribution in [0.3, 0.4) is 0 Å². The topological polar surface area (TPSA) is 189 Å². The van der Waals surface area contributed by atoms with Crippen LogP contribution >= 0.6 is 0 Å². The first kappa shape index (κ1) is 24.1. The minimum absolute atomic E-state index is 0.188. The monoisotopic (exact) mass is 513 g/mol. The Morgan fingerprint density at radius 2 is 1.97 bits per heavy atom. The average molecular weight is 514 g/mol. The number of carbonyl (C=O) groups is 1. The normalized spacial score (nSPS) is 22.3. The van der Waals surface area contributed by atoms with Gasteiger partial charge in [0.15, 0.2) is 5.65 Å². The van der Waals surface area contributed by atoms with E-state index in [-0.39, 0.29) is 18.6 Å². The Bertz CT molecular complexity index is 1570. The third-order valence-corrected chi connectivity index (χ3v) is 6.81. The van der Waals surface area contributed by atoms with E-state index in [9.17, 15) is 28.5 Å². The highest BCUT2D eigenvalue weighted by Gasteiger charge is 2.42. The summed E-state index contributed by atoms with van der Waals surface area (Å²) in [5, 5.41) is 44.4. The Morgan fingerprint density at radius 1 is 1.17 bits per heavy atom. The molecule has 4 atom stereocenters. The fourth-order valence-electron chi connectivity index (χ4n) is 4.58. The molecule has 0 spiro atoms. The highest BCUT2D eigenvalue weighted by molar-refractivity contribution is 7.84. The number of fused-ring (bicyclic) bond motifs is 2. The van der Waals surface area contributed by atoms with E-state index in [2.05, 4.69) is 19.6 Å². The van der Waals surface area contributed by atoms with Crippen molar-refractivity contribution in [3.05, 3.63) is 60.3 Å². The molecule has 188 valence electrons. The van der Waals surface area contributed by atoms with Gasteiger partial charge in [0.1, 0.15) is 11.9 Å². The number of rotatable bonds is 7. The lowest BCUT2D eigenvalue weighted by atomic mass is 10.0. The molecule has 0 bridgehead atoms. The van der Waals surface area contributed by atoms with E-state index >= 15 is 0 Å². The SMILES string of the molecule is NS(=O)(=O)OC[C@H]1C[C@@H](Nc2ccnc3cc(-c4cccc5cc(C(=O)O)ccc45)nn23)C(O)[C@@H]1O. The number of hydrogen-bond donors (Lipinski definition) is 5. The van der Waals surface area contributed by atoms with Gasteiger partial charge in [0.25, 0.3) is 0 Å². The standard InChI is InChI=1S/C23H23N5O7S/c24-36(33,34)35-11-14-9-18(22(30)21(14)29)26-19-6-7-25-20-10-17(27-28(19)20)16-3-1-2-12-8-13(23(31)32)4-5-15(12)16/h1-8,10,14,18,21-22,26,29-30H,9,11H2,(H,31,32)(H2,24,33,34)/t14-,18-,21-,22?/m1/s1. The van der Waals surface area contributed by atoms with Gasteiger partial charge < -0.3 is 20.6 Å². The van der Waals surface area contributed by atoms with Gasteiger partial charge in [-0.25, -0.2) is 14.9 Å². The molecule has 5 rings (SSSR count). The lowest BCUT2D eigenvalue weighted by molar-refractivity contribution is 0.00777. The van der Waals surface area contributed by atoms with Gasteiger partial charge in [0.05, 0.1) is 30.0 Å². The van der Waals surface area contributed by atoms with Gasteiger partial charge in [0, 0.05) is 23.7 Å². The molecule has 2 heterocycles. The zero-order valence-electron chi connectivity index (χ0n) is 18.7. The Balaban J connectivity index is 1.45. The number of carboxylic acid groups (broad SMARTS) is 1. The number of benzene rings is 2. The summed E-state index contributed by atoms with van der Waals surface area (Å²) in [6, 6.07) is 13.3. The second kappa shape index (κ2) is 9.11. The van der Waals surface area contributed by atoms with Crippen molar-refractivity contribution < 1.29 is 32.7 Å². The number of aromatic carboxylic acids is 1. The van der Waals surface area contributed by atoms with E-state index in [1.807, 2.05) is 18.2 Å². The molecule has 1 aliphatic rings. The third-order valence-electron chi connectivity index (χ3n) is 6.34. The summed E-state index contributed by atoms with van der Waals surface area (Å²) >= 11 is 0. The highest BCUT2D eigenvalue weighted by atomic mass is 32.2. The first-order chi connectivity index (χ1) is 17.1. The van der Waals surface area contributed by atoms with E-state index in [0.29, 0.717) is 17.2 Å². The third kappa shape index (κ3) is 4.62. The van der Waals surface area contributed by atoms with Crippen LogP contribution in [0.15, 0.2) is 54.7 Å². The number of aromatic nitrogens is 3. The number of nitrogens with two attached hydrogens (primary N) is 1. The van der Waals surface area contributed by atoms with E-state index in [4.69, 9.17) is 5.14 Å². The second-order valence-corrected chi connectivity index (χ2v) is 9.90. The van der Waals surface area contributed by atoms with Crippen molar-refractivity contribution in [2.24, 2.45) is 11.1 Å². The van der Waals surface area contributed by atoms with Crippen LogP contribution in [0, 0.1) is 5.92 Å². The molecular formula is C23H23N5O7S. The van der Waals surface area contributed by atoms with Gasteiger partial charge in [-0.1, -0.05) is 24.3 Å². The van der Waals surface area contributed by atoms with E-state index in [1.165, 1.54) is 6.07 Å². The first-order valence-electron chi connectivity index (χ1n) is 11.0. The van der Waals surface area contributed by atoms with E-state index < -0.39 is 40.4 Å². The number of nitrogens with zero attached hydrogens (tertiary/aromatic N) is 3. The molecule has 13 heteroatoms. The van der Waals surface area contributed by atoms with Crippen LogP contribution in [-0.4, -0.2) is 69.2 Å². The van der Waals surface area contributed by atoms with Crippen molar-refractivity contribution in [1.82, 2.24) is 14.6 Å². The van der Waals surface area contributed by atoms with Gasteiger partial charge in [0.2, 0.25) is 0 Å². The highest BCUT2D eigenvalue weighted by Crippen LogP contribution is 2.32. The molecule has 1 aliphatic carbocycles. The lowest BCUT2D eigenvalue weighted by Gasteiger charge is -2.19. The molecule has 6 N–H and O–H groups in total. The average Bonchev–Trinajstić information content (AvgIpc) is 3.39. The second-order valence-electron chi connectivity index (χ2n) is 8.68. The summed E-state index contributed by atoms with van der Waals surface area (Å²) in [6.45, 7) is -0.350. The van der Waals surface area contributed by atoms with E-state index in [0.717, 1.165) is 16.3 Å². The van der Waals surface area contributed by atoms with Crippen LogP contribution in [0.2, 0.25) is 0 Å². The molecular weight excluding hydrogens is 490 g/mol. The fraction of sp³-hybridized carbons (Fsp3) is 0.261. The number of anilines is 1. The van der Waals surface area contributed by atoms with Crippen LogP contribution < -0.4 is 10.5 Å². The van der Waals surface area contributed by atoms with E-state index in [1.54, 1.807) is 35.0 Å². The molecule has 1 fully saturated rings. The number of nitrogens with one attached hydrogen (secondary N) is 1.